The zero-order valence-corrected chi connectivity index (χ0v) is 13.9. The van der Waals surface area contributed by atoms with E-state index in [-0.39, 0.29) is 30.7 Å². The Labute approximate surface area is 135 Å². The summed E-state index contributed by atoms with van der Waals surface area (Å²) >= 11 is 0. The molecule has 0 aromatic carbocycles. The van der Waals surface area contributed by atoms with E-state index in [1.54, 1.807) is 20.8 Å². The Bertz CT molecular complexity index is 537. The van der Waals surface area contributed by atoms with E-state index in [1.165, 1.54) is 4.90 Å². The van der Waals surface area contributed by atoms with Gasteiger partial charge < -0.3 is 9.64 Å². The molecule has 7 heteroatoms. The first kappa shape index (κ1) is 17.4. The number of hydrogen-bond donors (Lipinski definition) is 1. The second-order valence-corrected chi connectivity index (χ2v) is 7.34. The normalized spacial score (nSPS) is 26.0. The van der Waals surface area contributed by atoms with Gasteiger partial charge in [0.2, 0.25) is 17.7 Å². The Morgan fingerprint density at radius 1 is 1.26 bits per heavy atom. The lowest BCUT2D eigenvalue weighted by molar-refractivity contribution is -0.161. The van der Waals surface area contributed by atoms with E-state index in [2.05, 4.69) is 5.32 Å². The van der Waals surface area contributed by atoms with Crippen molar-refractivity contribution in [3.63, 3.8) is 0 Å². The van der Waals surface area contributed by atoms with Gasteiger partial charge in [-0.15, -0.1) is 0 Å². The van der Waals surface area contributed by atoms with Crippen LogP contribution in [0.5, 0.6) is 0 Å². The van der Waals surface area contributed by atoms with Crippen LogP contribution in [0.1, 0.15) is 52.9 Å². The monoisotopic (exact) mass is 324 g/mol. The maximum absolute atomic E-state index is 12.4. The van der Waals surface area contributed by atoms with Crippen molar-refractivity contribution in [1.29, 1.82) is 0 Å². The van der Waals surface area contributed by atoms with Crippen LogP contribution < -0.4 is 5.32 Å². The van der Waals surface area contributed by atoms with E-state index in [9.17, 15) is 19.2 Å². The predicted octanol–water partition coefficient (Wildman–Crippen LogP) is 0.764. The molecule has 0 bridgehead atoms. The van der Waals surface area contributed by atoms with E-state index < -0.39 is 17.0 Å². The molecule has 0 aromatic heterocycles. The second-order valence-electron chi connectivity index (χ2n) is 7.34. The van der Waals surface area contributed by atoms with Crippen LogP contribution in [0.2, 0.25) is 0 Å². The van der Waals surface area contributed by atoms with E-state index in [1.807, 2.05) is 0 Å². The highest BCUT2D eigenvalue weighted by Crippen LogP contribution is 2.38. The van der Waals surface area contributed by atoms with Crippen molar-refractivity contribution in [2.45, 2.75) is 58.5 Å². The number of imide groups is 1. The van der Waals surface area contributed by atoms with E-state index in [0.717, 1.165) is 0 Å². The molecule has 2 heterocycles. The molecule has 3 amide bonds. The van der Waals surface area contributed by atoms with Gasteiger partial charge in [-0.3, -0.25) is 24.5 Å². The average Bonchev–Trinajstić information content (AvgIpc) is 2.51. The number of likely N-dealkylation sites (tertiary alicyclic amines) is 1. The third-order valence-corrected chi connectivity index (χ3v) is 4.24. The summed E-state index contributed by atoms with van der Waals surface area (Å²) < 4.78 is 5.22. The molecule has 23 heavy (non-hydrogen) atoms. The quantitative estimate of drug-likeness (QED) is 0.598. The first-order valence-electron chi connectivity index (χ1n) is 7.95. The largest absolute Gasteiger partial charge is 0.459 e. The number of nitrogens with zero attached hydrogens (tertiary/aromatic N) is 1. The highest BCUT2D eigenvalue weighted by Gasteiger charge is 2.46. The molecule has 7 nitrogen and oxygen atoms in total. The zero-order chi connectivity index (χ0) is 17.3. The number of amides is 3. The van der Waals surface area contributed by atoms with Crippen molar-refractivity contribution in [1.82, 2.24) is 10.2 Å². The highest BCUT2D eigenvalue weighted by molar-refractivity contribution is 6.01. The Morgan fingerprint density at radius 2 is 1.96 bits per heavy atom. The Morgan fingerprint density at radius 3 is 2.57 bits per heavy atom. The average molecular weight is 324 g/mol. The maximum atomic E-state index is 12.4. The third kappa shape index (κ3) is 4.30. The summed E-state index contributed by atoms with van der Waals surface area (Å²) in [5.74, 6) is -1.34. The van der Waals surface area contributed by atoms with Crippen LogP contribution in [-0.4, -0.2) is 47.3 Å². The summed E-state index contributed by atoms with van der Waals surface area (Å²) in [6, 6.07) is 0. The molecule has 2 saturated heterocycles. The molecular weight excluding hydrogens is 300 g/mol. The third-order valence-electron chi connectivity index (χ3n) is 4.24. The number of piperidine rings is 1. The molecule has 2 rings (SSSR count). The molecule has 2 fully saturated rings. The van der Waals surface area contributed by atoms with Crippen LogP contribution in [0.3, 0.4) is 0 Å². The van der Waals surface area contributed by atoms with Gasteiger partial charge in [0.1, 0.15) is 12.1 Å². The summed E-state index contributed by atoms with van der Waals surface area (Å²) in [5.41, 5.74) is -1.41. The van der Waals surface area contributed by atoms with Gasteiger partial charge in [-0.2, -0.15) is 0 Å². The van der Waals surface area contributed by atoms with Crippen molar-refractivity contribution >= 4 is 23.7 Å². The van der Waals surface area contributed by atoms with Crippen LogP contribution in [0.25, 0.3) is 0 Å². The summed E-state index contributed by atoms with van der Waals surface area (Å²) in [6.45, 7) is 5.52. The number of carbonyl (C=O) groups is 4. The fourth-order valence-corrected chi connectivity index (χ4v) is 3.09. The molecule has 0 aromatic rings. The fraction of sp³-hybridized carbons (Fsp3) is 0.750. The molecule has 1 unspecified atom stereocenters. The first-order chi connectivity index (χ1) is 10.6. The smallest absolute Gasteiger partial charge is 0.326 e. The second kappa shape index (κ2) is 6.29. The summed E-state index contributed by atoms with van der Waals surface area (Å²) in [7, 11) is 0. The van der Waals surface area contributed by atoms with Gasteiger partial charge in [-0.05, 0) is 40.0 Å². The van der Waals surface area contributed by atoms with Gasteiger partial charge in [0.25, 0.3) is 0 Å². The molecule has 2 aliphatic rings. The zero-order valence-electron chi connectivity index (χ0n) is 13.9. The van der Waals surface area contributed by atoms with Crippen molar-refractivity contribution in [2.75, 3.05) is 13.1 Å². The predicted molar refractivity (Wildman–Crippen MR) is 81.1 cm³/mol. The minimum absolute atomic E-state index is 0.0366. The van der Waals surface area contributed by atoms with Crippen LogP contribution in [0, 0.1) is 5.41 Å². The fourth-order valence-electron chi connectivity index (χ4n) is 3.09. The lowest BCUT2D eigenvalue weighted by atomic mass is 9.74. The number of nitrogens with one attached hydrogen (secondary N) is 1. The van der Waals surface area contributed by atoms with Gasteiger partial charge >= 0.3 is 5.97 Å². The van der Waals surface area contributed by atoms with Crippen molar-refractivity contribution in [2.24, 2.45) is 5.41 Å². The molecule has 1 atom stereocenters. The van der Waals surface area contributed by atoms with Crippen LogP contribution in [0.4, 0.5) is 0 Å². The van der Waals surface area contributed by atoms with Crippen LogP contribution in [-0.2, 0) is 23.9 Å². The number of esters is 1. The molecule has 0 aliphatic carbocycles. The molecule has 2 aliphatic heterocycles. The molecule has 0 saturated carbocycles. The maximum Gasteiger partial charge on any atom is 0.326 e. The SMILES string of the molecule is CC(C)(C)OC(=O)CN1CCC2(CCCC(=O)NC2=O)CC1=O. The summed E-state index contributed by atoms with van der Waals surface area (Å²) in [4.78, 5) is 49.4. The number of hydrogen-bond acceptors (Lipinski definition) is 5. The molecule has 128 valence electrons. The van der Waals surface area contributed by atoms with E-state index in [4.69, 9.17) is 4.74 Å². The Kier molecular flexibility index (Phi) is 4.77. The van der Waals surface area contributed by atoms with Crippen molar-refractivity contribution in [3.8, 4) is 0 Å². The molecular formula is C16H24N2O5. The minimum atomic E-state index is -0.812. The van der Waals surface area contributed by atoms with Gasteiger partial charge in [0.15, 0.2) is 0 Å². The van der Waals surface area contributed by atoms with Crippen LogP contribution in [0.15, 0.2) is 0 Å². The molecule has 1 N–H and O–H groups in total. The topological polar surface area (TPSA) is 92.8 Å². The van der Waals surface area contributed by atoms with Gasteiger partial charge in [0.05, 0.1) is 5.41 Å². The van der Waals surface area contributed by atoms with Crippen LogP contribution >= 0.6 is 0 Å². The minimum Gasteiger partial charge on any atom is -0.459 e. The number of ether oxygens (including phenoxy) is 1. The van der Waals surface area contributed by atoms with Gasteiger partial charge in [-0.25, -0.2) is 0 Å². The Balaban J connectivity index is 1.99. The molecule has 1 spiro atoms. The highest BCUT2D eigenvalue weighted by atomic mass is 16.6. The molecule has 0 radical (unpaired) electrons. The summed E-state index contributed by atoms with van der Waals surface area (Å²) in [5, 5.41) is 2.37. The number of carbonyl (C=O) groups excluding carboxylic acids is 4. The first-order valence-corrected chi connectivity index (χ1v) is 7.95. The van der Waals surface area contributed by atoms with Gasteiger partial charge in [0, 0.05) is 19.4 Å². The van der Waals surface area contributed by atoms with Gasteiger partial charge in [-0.1, -0.05) is 0 Å². The lowest BCUT2D eigenvalue weighted by Crippen LogP contribution is -2.52. The Hall–Kier alpha value is -1.92. The van der Waals surface area contributed by atoms with E-state index >= 15 is 0 Å². The summed E-state index contributed by atoms with van der Waals surface area (Å²) in [6.07, 6.45) is 1.92. The number of rotatable bonds is 2. The lowest BCUT2D eigenvalue weighted by Gasteiger charge is -2.39. The standard InChI is InChI=1S/C16H24N2O5/c1-15(2,3)23-13(21)10-18-8-7-16(9-12(18)20)6-4-5-11(19)17-14(16)22/h4-10H2,1-3H3,(H,17,19,22). The van der Waals surface area contributed by atoms with Crippen molar-refractivity contribution < 1.29 is 23.9 Å². The van der Waals surface area contributed by atoms with Crippen molar-refractivity contribution in [3.05, 3.63) is 0 Å². The van der Waals surface area contributed by atoms with E-state index in [0.29, 0.717) is 32.2 Å².